The number of likely N-dealkylation sites (tertiary alicyclic amines) is 1. The first kappa shape index (κ1) is 17.7. The Bertz CT molecular complexity index is 490. The molecule has 1 fully saturated rings. The van der Waals surface area contributed by atoms with Crippen LogP contribution in [0.4, 0.5) is 0 Å². The van der Waals surface area contributed by atoms with E-state index >= 15 is 0 Å². The van der Waals surface area contributed by atoms with Crippen molar-refractivity contribution in [2.45, 2.75) is 25.5 Å². The number of carbonyl (C=O) groups excluding carboxylic acids is 2. The van der Waals surface area contributed by atoms with Crippen molar-refractivity contribution in [3.05, 3.63) is 10.1 Å². The Morgan fingerprint density at radius 1 is 1.43 bits per heavy atom. The number of hydrogen-bond acceptors (Lipinski definition) is 5. The van der Waals surface area contributed by atoms with E-state index in [4.69, 9.17) is 28.3 Å². The van der Waals surface area contributed by atoms with Crippen LogP contribution in [0.3, 0.4) is 0 Å². The van der Waals surface area contributed by atoms with E-state index in [0.29, 0.717) is 0 Å². The molecule has 0 saturated carbocycles. The Balaban J connectivity index is 2.92. The van der Waals surface area contributed by atoms with Crippen LogP contribution in [0.15, 0.2) is 10.1 Å². The average Bonchev–Trinajstić information content (AvgIpc) is 2.41. The normalized spacial score (nSPS) is 24.0. The summed E-state index contributed by atoms with van der Waals surface area (Å²) in [5, 5.41) is 18.0. The number of carboxylic acids is 1. The molecule has 1 heterocycles. The van der Waals surface area contributed by atoms with E-state index in [9.17, 15) is 19.5 Å². The van der Waals surface area contributed by atoms with Gasteiger partial charge < -0.3 is 19.8 Å². The van der Waals surface area contributed by atoms with Gasteiger partial charge in [0.25, 0.3) is 0 Å². The van der Waals surface area contributed by atoms with E-state index in [1.807, 2.05) is 0 Å². The van der Waals surface area contributed by atoms with Crippen molar-refractivity contribution in [2.24, 2.45) is 5.92 Å². The lowest BCUT2D eigenvalue weighted by Gasteiger charge is -2.47. The first-order valence-electron chi connectivity index (χ1n) is 6.03. The SMILES string of the molecule is COC(=O)C(Cl)=C(Cl)CC1C(C(C)O)C(=O)N1CC(=O)O. The first-order valence-corrected chi connectivity index (χ1v) is 6.79. The molecule has 0 aliphatic carbocycles. The molecule has 1 aliphatic rings. The number of esters is 1. The summed E-state index contributed by atoms with van der Waals surface area (Å²) in [7, 11) is 1.14. The van der Waals surface area contributed by atoms with Gasteiger partial charge in [0.15, 0.2) is 0 Å². The zero-order valence-electron chi connectivity index (χ0n) is 11.4. The van der Waals surface area contributed by atoms with Crippen LogP contribution in [0.5, 0.6) is 0 Å². The number of aliphatic carboxylic acids is 1. The number of aliphatic hydroxyl groups excluding tert-OH is 1. The zero-order chi connectivity index (χ0) is 16.3. The molecule has 9 heteroatoms. The maximum absolute atomic E-state index is 11.8. The van der Waals surface area contributed by atoms with Crippen LogP contribution in [0.25, 0.3) is 0 Å². The number of methoxy groups -OCH3 is 1. The van der Waals surface area contributed by atoms with Crippen molar-refractivity contribution in [2.75, 3.05) is 13.7 Å². The lowest BCUT2D eigenvalue weighted by atomic mass is 9.81. The van der Waals surface area contributed by atoms with E-state index in [2.05, 4.69) is 4.74 Å². The molecule has 0 aromatic rings. The number of nitrogens with zero attached hydrogens (tertiary/aromatic N) is 1. The second-order valence-corrected chi connectivity index (χ2v) is 5.44. The van der Waals surface area contributed by atoms with Crippen molar-refractivity contribution < 1.29 is 29.3 Å². The molecule has 3 unspecified atom stereocenters. The molecule has 0 aromatic heterocycles. The molecule has 3 atom stereocenters. The molecule has 2 N–H and O–H groups in total. The molecule has 21 heavy (non-hydrogen) atoms. The number of amides is 1. The average molecular weight is 340 g/mol. The van der Waals surface area contributed by atoms with Crippen molar-refractivity contribution in [1.29, 1.82) is 0 Å². The van der Waals surface area contributed by atoms with Gasteiger partial charge in [-0.05, 0) is 6.92 Å². The number of hydrogen-bond donors (Lipinski definition) is 2. The highest BCUT2D eigenvalue weighted by molar-refractivity contribution is 6.47. The number of carbonyl (C=O) groups is 3. The van der Waals surface area contributed by atoms with Gasteiger partial charge >= 0.3 is 11.9 Å². The van der Waals surface area contributed by atoms with E-state index in [0.717, 1.165) is 12.0 Å². The van der Waals surface area contributed by atoms with Gasteiger partial charge in [0, 0.05) is 11.5 Å². The first-order chi connectivity index (χ1) is 9.70. The molecule has 0 spiro atoms. The molecule has 0 aromatic carbocycles. The molecular formula is C12H15Cl2NO6. The number of rotatable bonds is 6. The number of carboxylic acid groups (broad SMARTS) is 1. The molecule has 1 rings (SSSR count). The molecule has 1 aliphatic heterocycles. The molecule has 0 bridgehead atoms. The quantitative estimate of drug-likeness (QED) is 0.415. The monoisotopic (exact) mass is 339 g/mol. The summed E-state index contributed by atoms with van der Waals surface area (Å²) in [6.07, 6.45) is -1.00. The fourth-order valence-electron chi connectivity index (χ4n) is 2.21. The number of aliphatic hydroxyl groups is 1. The fraction of sp³-hybridized carbons (Fsp3) is 0.583. The van der Waals surface area contributed by atoms with Crippen molar-refractivity contribution >= 4 is 41.0 Å². The van der Waals surface area contributed by atoms with Crippen LogP contribution in [0, 0.1) is 5.92 Å². The predicted octanol–water partition coefficient (Wildman–Crippen LogP) is 0.531. The van der Waals surface area contributed by atoms with Gasteiger partial charge in [-0.3, -0.25) is 9.59 Å². The highest BCUT2D eigenvalue weighted by atomic mass is 35.5. The van der Waals surface area contributed by atoms with Gasteiger partial charge in [-0.2, -0.15) is 0 Å². The standard InChI is InChI=1S/C12H15Cl2NO6/c1-5(16)9-7(15(11(9)19)4-8(17)18)3-6(13)10(14)12(20)21-2/h5,7,9,16H,3-4H2,1-2H3,(H,17,18). The minimum atomic E-state index is -1.18. The van der Waals surface area contributed by atoms with Gasteiger partial charge in [0.05, 0.1) is 25.2 Å². The zero-order valence-corrected chi connectivity index (χ0v) is 12.9. The largest absolute Gasteiger partial charge is 0.480 e. The Labute approximate surface area is 131 Å². The van der Waals surface area contributed by atoms with Crippen LogP contribution in [0.1, 0.15) is 13.3 Å². The topological polar surface area (TPSA) is 104 Å². The van der Waals surface area contributed by atoms with Crippen molar-refractivity contribution in [3.8, 4) is 0 Å². The summed E-state index contributed by atoms with van der Waals surface area (Å²) in [6, 6.07) is -0.639. The number of β-lactam (4-membered cyclic amide) rings is 1. The van der Waals surface area contributed by atoms with Gasteiger partial charge in [-0.1, -0.05) is 23.2 Å². The third kappa shape index (κ3) is 3.87. The van der Waals surface area contributed by atoms with Gasteiger partial charge in [-0.15, -0.1) is 0 Å². The lowest BCUT2D eigenvalue weighted by Crippen LogP contribution is -2.65. The highest BCUT2D eigenvalue weighted by Gasteiger charge is 2.50. The van der Waals surface area contributed by atoms with Crippen LogP contribution in [0.2, 0.25) is 0 Å². The van der Waals surface area contributed by atoms with E-state index in [1.54, 1.807) is 0 Å². The molecule has 1 amide bonds. The lowest BCUT2D eigenvalue weighted by molar-refractivity contribution is -0.169. The fourth-order valence-corrected chi connectivity index (χ4v) is 2.60. The second kappa shape index (κ2) is 7.11. The summed E-state index contributed by atoms with van der Waals surface area (Å²) in [5.74, 6) is -3.27. The van der Waals surface area contributed by atoms with E-state index in [-0.39, 0.29) is 16.5 Å². The summed E-state index contributed by atoms with van der Waals surface area (Å²) >= 11 is 11.6. The van der Waals surface area contributed by atoms with Gasteiger partial charge in [-0.25, -0.2) is 4.79 Å². The summed E-state index contributed by atoms with van der Waals surface area (Å²) < 4.78 is 4.42. The maximum Gasteiger partial charge on any atom is 0.350 e. The van der Waals surface area contributed by atoms with Crippen molar-refractivity contribution in [3.63, 3.8) is 0 Å². The number of halogens is 2. The smallest absolute Gasteiger partial charge is 0.350 e. The molecule has 1 saturated heterocycles. The third-order valence-electron chi connectivity index (χ3n) is 3.20. The van der Waals surface area contributed by atoms with Crippen LogP contribution in [-0.2, 0) is 19.1 Å². The Kier molecular flexibility index (Phi) is 6.00. The minimum absolute atomic E-state index is 0.0376. The molecule has 7 nitrogen and oxygen atoms in total. The van der Waals surface area contributed by atoms with Crippen LogP contribution < -0.4 is 0 Å². The Hall–Kier alpha value is -1.31. The van der Waals surface area contributed by atoms with Crippen LogP contribution >= 0.6 is 23.2 Å². The maximum atomic E-state index is 11.8. The van der Waals surface area contributed by atoms with E-state index in [1.165, 1.54) is 6.92 Å². The molecule has 118 valence electrons. The Morgan fingerprint density at radius 3 is 2.43 bits per heavy atom. The Morgan fingerprint density at radius 2 is 2.00 bits per heavy atom. The summed E-state index contributed by atoms with van der Waals surface area (Å²) in [6.45, 7) is 0.917. The summed E-state index contributed by atoms with van der Waals surface area (Å²) in [5.41, 5.74) is 0. The van der Waals surface area contributed by atoms with Crippen molar-refractivity contribution in [1.82, 2.24) is 4.90 Å². The minimum Gasteiger partial charge on any atom is -0.480 e. The second-order valence-electron chi connectivity index (χ2n) is 4.61. The van der Waals surface area contributed by atoms with Gasteiger partial charge in [0.1, 0.15) is 11.6 Å². The highest BCUT2D eigenvalue weighted by Crippen LogP contribution is 2.35. The summed E-state index contributed by atoms with van der Waals surface area (Å²) in [4.78, 5) is 34.9. The third-order valence-corrected chi connectivity index (χ3v) is 4.02. The molecule has 0 radical (unpaired) electrons. The predicted molar refractivity (Wildman–Crippen MR) is 73.7 cm³/mol. The van der Waals surface area contributed by atoms with Gasteiger partial charge in [0.2, 0.25) is 5.91 Å². The van der Waals surface area contributed by atoms with Crippen LogP contribution in [-0.4, -0.2) is 58.8 Å². The number of ether oxygens (including phenoxy) is 1. The van der Waals surface area contributed by atoms with E-state index < -0.39 is 42.5 Å². The molecular weight excluding hydrogens is 325 g/mol.